The summed E-state index contributed by atoms with van der Waals surface area (Å²) in [4.78, 5) is 0. The Morgan fingerprint density at radius 3 is 2.32 bits per heavy atom. The first-order valence-electron chi connectivity index (χ1n) is 6.55. The molecule has 1 aliphatic heterocycles. The lowest BCUT2D eigenvalue weighted by atomic mass is 10.1. The molecule has 0 aliphatic carbocycles. The molecule has 0 atom stereocenters. The van der Waals surface area contributed by atoms with Crippen LogP contribution in [-0.2, 0) is 10.2 Å². The second-order valence-corrected chi connectivity index (χ2v) is 6.76. The number of nitrogen functional groups attached to an aromatic ring is 1. The van der Waals surface area contributed by atoms with E-state index in [4.69, 9.17) is 5.73 Å². The first-order chi connectivity index (χ1) is 8.90. The monoisotopic (exact) mass is 283 g/mol. The van der Waals surface area contributed by atoms with Gasteiger partial charge in [0.05, 0.1) is 11.4 Å². The number of rotatable bonds is 3. The molecule has 106 valence electrons. The van der Waals surface area contributed by atoms with Crippen molar-refractivity contribution in [2.45, 2.75) is 33.1 Å². The van der Waals surface area contributed by atoms with Crippen LogP contribution in [0.5, 0.6) is 0 Å². The summed E-state index contributed by atoms with van der Waals surface area (Å²) in [5.41, 5.74) is 8.88. The Hall–Kier alpha value is -1.27. The molecule has 3 N–H and O–H groups in total. The lowest BCUT2D eigenvalue weighted by Gasteiger charge is -2.26. The van der Waals surface area contributed by atoms with Crippen LogP contribution in [0.2, 0.25) is 0 Å². The molecule has 0 radical (unpaired) electrons. The Kier molecular flexibility index (Phi) is 4.01. The Balaban J connectivity index is 2.22. The van der Waals surface area contributed by atoms with Gasteiger partial charge in [0.25, 0.3) is 0 Å². The van der Waals surface area contributed by atoms with Crippen LogP contribution in [0.15, 0.2) is 12.1 Å². The maximum absolute atomic E-state index is 12.3. The predicted molar refractivity (Wildman–Crippen MR) is 78.3 cm³/mol. The number of nitrogens with two attached hydrogens (primary N) is 1. The smallest absolute Gasteiger partial charge is 0.301 e. The molecule has 1 aromatic rings. The van der Waals surface area contributed by atoms with Crippen molar-refractivity contribution < 1.29 is 8.42 Å². The summed E-state index contributed by atoms with van der Waals surface area (Å²) in [6.07, 6.45) is 2.93. The van der Waals surface area contributed by atoms with Crippen molar-refractivity contribution in [1.29, 1.82) is 0 Å². The lowest BCUT2D eigenvalue weighted by Crippen LogP contribution is -2.39. The van der Waals surface area contributed by atoms with Crippen LogP contribution >= 0.6 is 0 Å². The Bertz CT molecular complexity index is 563. The fourth-order valence-electron chi connectivity index (χ4n) is 2.24. The summed E-state index contributed by atoms with van der Waals surface area (Å²) in [7, 11) is -3.49. The molecule has 1 aliphatic rings. The maximum Gasteiger partial charge on any atom is 0.301 e. The SMILES string of the molecule is Cc1cc(N)c(NS(=O)(=O)N2CCCCC2)cc1C. The van der Waals surface area contributed by atoms with Crippen molar-refractivity contribution in [2.24, 2.45) is 0 Å². The van der Waals surface area contributed by atoms with E-state index in [-0.39, 0.29) is 0 Å². The molecule has 0 aromatic heterocycles. The van der Waals surface area contributed by atoms with Crippen LogP contribution in [0.4, 0.5) is 11.4 Å². The summed E-state index contributed by atoms with van der Waals surface area (Å²) in [5.74, 6) is 0. The molecule has 5 nitrogen and oxygen atoms in total. The van der Waals surface area contributed by atoms with E-state index in [1.807, 2.05) is 13.8 Å². The molecule has 1 saturated heterocycles. The molecule has 6 heteroatoms. The third-order valence-electron chi connectivity index (χ3n) is 3.56. The minimum Gasteiger partial charge on any atom is -0.397 e. The standard InChI is InChI=1S/C13H21N3O2S/c1-10-8-12(14)13(9-11(10)2)15-19(17,18)16-6-4-3-5-7-16/h8-9,15H,3-7,14H2,1-2H3. The highest BCUT2D eigenvalue weighted by Crippen LogP contribution is 2.25. The molecule has 0 bridgehead atoms. The topological polar surface area (TPSA) is 75.4 Å². The zero-order chi connectivity index (χ0) is 14.0. The average Bonchev–Trinajstić information content (AvgIpc) is 2.37. The number of benzene rings is 1. The first kappa shape index (κ1) is 14.1. The fourth-order valence-corrected chi connectivity index (χ4v) is 3.56. The number of nitrogens with zero attached hydrogens (tertiary/aromatic N) is 1. The van der Waals surface area contributed by atoms with Crippen LogP contribution in [0, 0.1) is 13.8 Å². The van der Waals surface area contributed by atoms with Gasteiger partial charge in [-0.05, 0) is 49.9 Å². The third kappa shape index (κ3) is 3.19. The van der Waals surface area contributed by atoms with Gasteiger partial charge in [0.15, 0.2) is 0 Å². The Labute approximate surface area is 115 Å². The van der Waals surface area contributed by atoms with E-state index < -0.39 is 10.2 Å². The fraction of sp³-hybridized carbons (Fsp3) is 0.538. The van der Waals surface area contributed by atoms with Crippen molar-refractivity contribution in [1.82, 2.24) is 4.31 Å². The minimum atomic E-state index is -3.49. The third-order valence-corrected chi connectivity index (χ3v) is 5.08. The van der Waals surface area contributed by atoms with Gasteiger partial charge in [-0.2, -0.15) is 12.7 Å². The van der Waals surface area contributed by atoms with Gasteiger partial charge < -0.3 is 5.73 Å². The second kappa shape index (κ2) is 5.38. The molecule has 1 fully saturated rings. The molecule has 19 heavy (non-hydrogen) atoms. The van der Waals surface area contributed by atoms with Gasteiger partial charge in [-0.1, -0.05) is 6.42 Å². The van der Waals surface area contributed by atoms with E-state index in [9.17, 15) is 8.42 Å². The second-order valence-electron chi connectivity index (χ2n) is 5.09. The summed E-state index contributed by atoms with van der Waals surface area (Å²) < 4.78 is 28.6. The molecular weight excluding hydrogens is 262 g/mol. The van der Waals surface area contributed by atoms with Crippen molar-refractivity contribution in [2.75, 3.05) is 23.5 Å². The van der Waals surface area contributed by atoms with Crippen molar-refractivity contribution in [3.8, 4) is 0 Å². The van der Waals surface area contributed by atoms with Crippen molar-refractivity contribution in [3.05, 3.63) is 23.3 Å². The van der Waals surface area contributed by atoms with Gasteiger partial charge >= 0.3 is 10.2 Å². The number of hydrogen-bond acceptors (Lipinski definition) is 3. The molecule has 1 aromatic carbocycles. The highest BCUT2D eigenvalue weighted by Gasteiger charge is 2.24. The molecule has 0 amide bonds. The van der Waals surface area contributed by atoms with E-state index in [2.05, 4.69) is 4.72 Å². The van der Waals surface area contributed by atoms with Gasteiger partial charge in [-0.3, -0.25) is 4.72 Å². The van der Waals surface area contributed by atoms with Crippen LogP contribution in [0.3, 0.4) is 0 Å². The molecule has 0 spiro atoms. The molecule has 2 rings (SSSR count). The van der Waals surface area contributed by atoms with Crippen LogP contribution in [-0.4, -0.2) is 25.8 Å². The summed E-state index contributed by atoms with van der Waals surface area (Å²) >= 11 is 0. The minimum absolute atomic E-state index is 0.462. The van der Waals surface area contributed by atoms with Gasteiger partial charge in [0.2, 0.25) is 0 Å². The largest absolute Gasteiger partial charge is 0.397 e. The van der Waals surface area contributed by atoms with E-state index in [1.54, 1.807) is 12.1 Å². The summed E-state index contributed by atoms with van der Waals surface area (Å²) in [5, 5.41) is 0. The summed E-state index contributed by atoms with van der Waals surface area (Å²) in [6, 6.07) is 3.58. The highest BCUT2D eigenvalue weighted by atomic mass is 32.2. The van der Waals surface area contributed by atoms with Crippen LogP contribution < -0.4 is 10.5 Å². The normalized spacial score (nSPS) is 17.4. The Morgan fingerprint density at radius 2 is 1.68 bits per heavy atom. The zero-order valence-corrected chi connectivity index (χ0v) is 12.3. The number of aryl methyl sites for hydroxylation is 2. The van der Waals surface area contributed by atoms with Crippen molar-refractivity contribution in [3.63, 3.8) is 0 Å². The van der Waals surface area contributed by atoms with E-state index in [0.29, 0.717) is 24.5 Å². The van der Waals surface area contributed by atoms with Crippen LogP contribution in [0.25, 0.3) is 0 Å². The van der Waals surface area contributed by atoms with E-state index in [1.165, 1.54) is 4.31 Å². The predicted octanol–water partition coefficient (Wildman–Crippen LogP) is 2.03. The van der Waals surface area contributed by atoms with E-state index >= 15 is 0 Å². The molecule has 1 heterocycles. The highest BCUT2D eigenvalue weighted by molar-refractivity contribution is 7.90. The lowest BCUT2D eigenvalue weighted by molar-refractivity contribution is 0.349. The van der Waals surface area contributed by atoms with Crippen LogP contribution in [0.1, 0.15) is 30.4 Å². The molecule has 0 unspecified atom stereocenters. The maximum atomic E-state index is 12.3. The zero-order valence-electron chi connectivity index (χ0n) is 11.4. The number of nitrogens with one attached hydrogen (secondary N) is 1. The summed E-state index contributed by atoms with van der Waals surface area (Å²) in [6.45, 7) is 5.06. The number of hydrogen-bond donors (Lipinski definition) is 2. The average molecular weight is 283 g/mol. The van der Waals surface area contributed by atoms with Gasteiger partial charge in [-0.15, -0.1) is 0 Å². The van der Waals surface area contributed by atoms with E-state index in [0.717, 1.165) is 30.4 Å². The number of piperidine rings is 1. The van der Waals surface area contributed by atoms with Crippen molar-refractivity contribution >= 4 is 21.6 Å². The molecular formula is C13H21N3O2S. The van der Waals surface area contributed by atoms with Gasteiger partial charge in [0, 0.05) is 13.1 Å². The number of anilines is 2. The molecule has 0 saturated carbocycles. The van der Waals surface area contributed by atoms with Gasteiger partial charge in [-0.25, -0.2) is 0 Å². The van der Waals surface area contributed by atoms with Gasteiger partial charge in [0.1, 0.15) is 0 Å². The quantitative estimate of drug-likeness (QED) is 0.833. The Morgan fingerprint density at radius 1 is 1.11 bits per heavy atom. The first-order valence-corrected chi connectivity index (χ1v) is 7.99.